The van der Waals surface area contributed by atoms with E-state index >= 15 is 0 Å². The molecule has 0 spiro atoms. The second kappa shape index (κ2) is 11.5. The fourth-order valence-corrected chi connectivity index (χ4v) is 3.07. The van der Waals surface area contributed by atoms with E-state index in [2.05, 4.69) is 34.8 Å². The SMILES string of the molecule is COC(=O)CCOC[C@@H](C)Nc1cnn(COCC[Si](C)(C)C)c(=O)c1C(F)(F)F. The van der Waals surface area contributed by atoms with Crippen LogP contribution in [0.25, 0.3) is 0 Å². The van der Waals surface area contributed by atoms with Gasteiger partial charge < -0.3 is 19.5 Å². The standard InChI is InChI=1S/C18H30F3N3O5Si/c1-13(11-28-7-6-15(25)27-2)23-14-10-22-24(12-29-8-9-30(3,4)5)17(26)16(14)18(19,20)21/h10,13,23H,6-9,11-12H2,1-5H3/t13-/m1/s1. The highest BCUT2D eigenvalue weighted by molar-refractivity contribution is 6.76. The molecule has 1 heterocycles. The van der Waals surface area contributed by atoms with Crippen molar-refractivity contribution in [2.24, 2.45) is 0 Å². The summed E-state index contributed by atoms with van der Waals surface area (Å²) < 4.78 is 56.3. The maximum Gasteiger partial charge on any atom is 0.423 e. The molecule has 0 saturated carbocycles. The van der Waals surface area contributed by atoms with Gasteiger partial charge in [-0.15, -0.1) is 0 Å². The van der Waals surface area contributed by atoms with Gasteiger partial charge in [0.1, 0.15) is 12.3 Å². The van der Waals surface area contributed by atoms with Crippen molar-refractivity contribution in [1.82, 2.24) is 9.78 Å². The Morgan fingerprint density at radius 1 is 1.27 bits per heavy atom. The average molecular weight is 454 g/mol. The molecule has 0 radical (unpaired) electrons. The lowest BCUT2D eigenvalue weighted by atomic mass is 10.2. The van der Waals surface area contributed by atoms with Gasteiger partial charge in [0, 0.05) is 20.7 Å². The van der Waals surface area contributed by atoms with Crippen LogP contribution >= 0.6 is 0 Å². The molecule has 1 N–H and O–H groups in total. The molecule has 0 aliphatic rings. The number of anilines is 1. The molecular formula is C18H30F3N3O5Si. The van der Waals surface area contributed by atoms with Crippen molar-refractivity contribution in [1.29, 1.82) is 0 Å². The van der Waals surface area contributed by atoms with Crippen molar-refractivity contribution in [3.05, 3.63) is 22.1 Å². The number of nitrogens with one attached hydrogen (secondary N) is 1. The predicted octanol–water partition coefficient (Wildman–Crippen LogP) is 2.95. The van der Waals surface area contributed by atoms with Crippen LogP contribution in [-0.4, -0.2) is 56.8 Å². The zero-order valence-electron chi connectivity index (χ0n) is 18.0. The second-order valence-electron chi connectivity index (χ2n) is 8.03. The van der Waals surface area contributed by atoms with Crippen LogP contribution < -0.4 is 10.9 Å². The lowest BCUT2D eigenvalue weighted by molar-refractivity contribution is -0.142. The molecule has 0 fully saturated rings. The number of rotatable bonds is 12. The van der Waals surface area contributed by atoms with E-state index in [1.165, 1.54) is 7.11 Å². The summed E-state index contributed by atoms with van der Waals surface area (Å²) in [5.41, 5.74) is -3.05. The van der Waals surface area contributed by atoms with Gasteiger partial charge in [0.25, 0.3) is 5.56 Å². The van der Waals surface area contributed by atoms with Crippen LogP contribution in [0.2, 0.25) is 25.7 Å². The lowest BCUT2D eigenvalue weighted by Crippen LogP contribution is -2.34. The van der Waals surface area contributed by atoms with E-state index in [1.807, 2.05) is 0 Å². The number of ether oxygens (including phenoxy) is 3. The molecule has 30 heavy (non-hydrogen) atoms. The molecular weight excluding hydrogens is 423 g/mol. The second-order valence-corrected chi connectivity index (χ2v) is 13.7. The number of methoxy groups -OCH3 is 1. The maximum atomic E-state index is 13.5. The van der Waals surface area contributed by atoms with Gasteiger partial charge >= 0.3 is 12.1 Å². The van der Waals surface area contributed by atoms with E-state index in [0.717, 1.165) is 12.2 Å². The van der Waals surface area contributed by atoms with Crippen LogP contribution in [0, 0.1) is 0 Å². The Kier molecular flexibility index (Phi) is 9.98. The molecule has 0 aliphatic carbocycles. The fourth-order valence-electron chi connectivity index (χ4n) is 2.32. The quantitative estimate of drug-likeness (QED) is 0.296. The zero-order valence-corrected chi connectivity index (χ0v) is 19.0. The highest BCUT2D eigenvalue weighted by Gasteiger charge is 2.38. The first-order valence-corrected chi connectivity index (χ1v) is 13.2. The van der Waals surface area contributed by atoms with E-state index in [0.29, 0.717) is 11.3 Å². The Balaban J connectivity index is 2.81. The van der Waals surface area contributed by atoms with Crippen LogP contribution in [0.5, 0.6) is 0 Å². The number of alkyl halides is 3. The molecule has 1 atom stereocenters. The van der Waals surface area contributed by atoms with Crippen LogP contribution in [0.15, 0.2) is 11.0 Å². The minimum Gasteiger partial charge on any atom is -0.469 e. The number of carbonyl (C=O) groups excluding carboxylic acids is 1. The number of carbonyl (C=O) groups is 1. The van der Waals surface area contributed by atoms with E-state index in [4.69, 9.17) is 9.47 Å². The van der Waals surface area contributed by atoms with Crippen molar-refractivity contribution >= 4 is 19.7 Å². The summed E-state index contributed by atoms with van der Waals surface area (Å²) in [4.78, 5) is 23.4. The Morgan fingerprint density at radius 2 is 1.93 bits per heavy atom. The average Bonchev–Trinajstić information content (AvgIpc) is 2.61. The molecule has 0 bridgehead atoms. The summed E-state index contributed by atoms with van der Waals surface area (Å²) in [5.74, 6) is -0.449. The van der Waals surface area contributed by atoms with Crippen molar-refractivity contribution in [2.45, 2.75) is 58.0 Å². The Morgan fingerprint density at radius 3 is 2.50 bits per heavy atom. The van der Waals surface area contributed by atoms with Crippen molar-refractivity contribution in [3.63, 3.8) is 0 Å². The molecule has 0 unspecified atom stereocenters. The molecule has 1 aromatic rings. The highest BCUT2D eigenvalue weighted by atomic mass is 28.3. The molecule has 12 heteroatoms. The largest absolute Gasteiger partial charge is 0.469 e. The van der Waals surface area contributed by atoms with E-state index in [9.17, 15) is 22.8 Å². The third-order valence-corrected chi connectivity index (χ3v) is 5.69. The number of aromatic nitrogens is 2. The van der Waals surface area contributed by atoms with E-state index in [-0.39, 0.29) is 26.4 Å². The van der Waals surface area contributed by atoms with Gasteiger partial charge in [0.2, 0.25) is 0 Å². The molecule has 0 amide bonds. The van der Waals surface area contributed by atoms with Gasteiger partial charge in [0.05, 0.1) is 38.6 Å². The topological polar surface area (TPSA) is 91.7 Å². The van der Waals surface area contributed by atoms with Gasteiger partial charge in [-0.2, -0.15) is 18.3 Å². The first-order valence-electron chi connectivity index (χ1n) is 9.51. The van der Waals surface area contributed by atoms with E-state index < -0.39 is 43.1 Å². The molecule has 0 aliphatic heterocycles. The summed E-state index contributed by atoms with van der Waals surface area (Å²) in [7, 11) is -0.112. The third-order valence-electron chi connectivity index (χ3n) is 3.99. The monoisotopic (exact) mass is 453 g/mol. The third kappa shape index (κ3) is 9.26. The Labute approximate surface area is 174 Å². The molecule has 0 aromatic carbocycles. The number of esters is 1. The number of hydrogen-bond acceptors (Lipinski definition) is 7. The van der Waals surface area contributed by atoms with Crippen molar-refractivity contribution < 1.29 is 32.2 Å². The normalized spacial score (nSPS) is 13.2. The molecule has 8 nitrogen and oxygen atoms in total. The first-order chi connectivity index (χ1) is 13.8. The highest BCUT2D eigenvalue weighted by Crippen LogP contribution is 2.32. The minimum absolute atomic E-state index is 0.0250. The van der Waals surface area contributed by atoms with Crippen LogP contribution in [0.1, 0.15) is 18.9 Å². The predicted molar refractivity (Wildman–Crippen MR) is 108 cm³/mol. The van der Waals surface area contributed by atoms with Crippen molar-refractivity contribution in [2.75, 3.05) is 32.2 Å². The van der Waals surface area contributed by atoms with Crippen molar-refractivity contribution in [3.8, 4) is 0 Å². The molecule has 1 rings (SSSR count). The van der Waals surface area contributed by atoms with Crippen LogP contribution in [0.4, 0.5) is 18.9 Å². The number of halogens is 3. The number of nitrogens with zero attached hydrogens (tertiary/aromatic N) is 2. The fraction of sp³-hybridized carbons (Fsp3) is 0.722. The van der Waals surface area contributed by atoms with Gasteiger partial charge in [-0.05, 0) is 13.0 Å². The van der Waals surface area contributed by atoms with Crippen LogP contribution in [0.3, 0.4) is 0 Å². The summed E-state index contributed by atoms with van der Waals surface area (Å²) in [6.07, 6.45) is -3.88. The maximum absolute atomic E-state index is 13.5. The Hall–Kier alpha value is -1.92. The summed E-state index contributed by atoms with van der Waals surface area (Å²) in [6, 6.07) is 0.259. The number of hydrogen-bond donors (Lipinski definition) is 1. The summed E-state index contributed by atoms with van der Waals surface area (Å²) in [5, 5.41) is 6.40. The summed E-state index contributed by atoms with van der Waals surface area (Å²) in [6.45, 7) is 8.11. The van der Waals surface area contributed by atoms with Gasteiger partial charge in [-0.1, -0.05) is 19.6 Å². The minimum atomic E-state index is -4.87. The first kappa shape index (κ1) is 26.1. The van der Waals surface area contributed by atoms with Crippen LogP contribution in [-0.2, 0) is 31.9 Å². The van der Waals surface area contributed by atoms with Gasteiger partial charge in [0.15, 0.2) is 0 Å². The Bertz CT molecular complexity index is 750. The molecule has 1 aromatic heterocycles. The smallest absolute Gasteiger partial charge is 0.423 e. The van der Waals surface area contributed by atoms with Gasteiger partial charge in [-0.25, -0.2) is 4.68 Å². The summed E-state index contributed by atoms with van der Waals surface area (Å²) >= 11 is 0. The zero-order chi connectivity index (χ0) is 22.9. The lowest BCUT2D eigenvalue weighted by Gasteiger charge is -2.20. The molecule has 0 saturated heterocycles. The molecule has 172 valence electrons. The van der Waals surface area contributed by atoms with Gasteiger partial charge in [-0.3, -0.25) is 9.59 Å². The van der Waals surface area contributed by atoms with E-state index in [1.54, 1.807) is 6.92 Å².